The number of fused-ring (bicyclic) bond motifs is 1. The summed E-state index contributed by atoms with van der Waals surface area (Å²) >= 11 is 0. The summed E-state index contributed by atoms with van der Waals surface area (Å²) in [4.78, 5) is 27.3. The van der Waals surface area contributed by atoms with E-state index in [2.05, 4.69) is 35.9 Å². The highest BCUT2D eigenvalue weighted by Crippen LogP contribution is 2.35. The number of aromatic nitrogens is 4. The predicted molar refractivity (Wildman–Crippen MR) is 178 cm³/mol. The van der Waals surface area contributed by atoms with Crippen LogP contribution in [0.15, 0.2) is 54.7 Å². The lowest BCUT2D eigenvalue weighted by Crippen LogP contribution is -2.43. The SMILES string of the molecule is CC1CC(=O)N(Cc2cc3ncc(C4CCN(C5CCOCC5)CC4)nc3cc2Oc2ccc(-c3ccc(C(C)C)nn3)cc2)C1. The van der Waals surface area contributed by atoms with Crippen LogP contribution in [-0.2, 0) is 16.1 Å². The van der Waals surface area contributed by atoms with E-state index in [1.807, 2.05) is 59.6 Å². The summed E-state index contributed by atoms with van der Waals surface area (Å²) in [6.45, 7) is 11.5. The molecule has 0 saturated carbocycles. The number of rotatable bonds is 8. The molecular formula is C37H44N6O3. The minimum atomic E-state index is 0.182. The first kappa shape index (κ1) is 30.7. The quantitative estimate of drug-likeness (QED) is 0.214. The molecule has 2 aromatic carbocycles. The Balaban J connectivity index is 1.13. The number of hydrogen-bond donors (Lipinski definition) is 0. The second-order valence-corrected chi connectivity index (χ2v) is 13.6. The van der Waals surface area contributed by atoms with Crippen LogP contribution in [0.4, 0.5) is 0 Å². The van der Waals surface area contributed by atoms with Crippen LogP contribution in [0.5, 0.6) is 11.5 Å². The van der Waals surface area contributed by atoms with Gasteiger partial charge in [0, 0.05) is 68.1 Å². The molecule has 0 bridgehead atoms. The predicted octanol–water partition coefficient (Wildman–Crippen LogP) is 6.73. The minimum Gasteiger partial charge on any atom is -0.457 e. The average Bonchev–Trinajstić information content (AvgIpc) is 3.41. The molecule has 240 valence electrons. The molecule has 3 aliphatic heterocycles. The van der Waals surface area contributed by atoms with E-state index in [1.54, 1.807) is 0 Å². The number of benzene rings is 2. The Bertz CT molecular complexity index is 1660. The van der Waals surface area contributed by atoms with Gasteiger partial charge in [0.1, 0.15) is 11.5 Å². The first-order valence-electron chi connectivity index (χ1n) is 16.9. The van der Waals surface area contributed by atoms with Crippen molar-refractivity contribution < 1.29 is 14.3 Å². The second kappa shape index (κ2) is 13.4. The number of hydrogen-bond acceptors (Lipinski definition) is 8. The number of carbonyl (C=O) groups is 1. The normalized spacial score (nSPS) is 20.2. The maximum atomic E-state index is 12.7. The van der Waals surface area contributed by atoms with Gasteiger partial charge in [0.2, 0.25) is 5.91 Å². The van der Waals surface area contributed by atoms with E-state index in [9.17, 15) is 4.79 Å². The summed E-state index contributed by atoms with van der Waals surface area (Å²) in [7, 11) is 0. The monoisotopic (exact) mass is 620 g/mol. The molecule has 9 heteroatoms. The number of carbonyl (C=O) groups excluding carboxylic acids is 1. The molecular weight excluding hydrogens is 576 g/mol. The number of likely N-dealkylation sites (tertiary alicyclic amines) is 2. The molecule has 3 fully saturated rings. The van der Waals surface area contributed by atoms with E-state index < -0.39 is 0 Å². The van der Waals surface area contributed by atoms with Gasteiger partial charge in [-0.3, -0.25) is 9.78 Å². The molecule has 9 nitrogen and oxygen atoms in total. The van der Waals surface area contributed by atoms with Crippen molar-refractivity contribution in [2.24, 2.45) is 5.92 Å². The maximum Gasteiger partial charge on any atom is 0.223 e. The number of amides is 1. The molecule has 0 aliphatic carbocycles. The van der Waals surface area contributed by atoms with E-state index in [1.165, 1.54) is 0 Å². The smallest absolute Gasteiger partial charge is 0.223 e. The van der Waals surface area contributed by atoms with Gasteiger partial charge in [0.25, 0.3) is 0 Å². The average molecular weight is 621 g/mol. The van der Waals surface area contributed by atoms with E-state index in [4.69, 9.17) is 19.4 Å². The van der Waals surface area contributed by atoms with Crippen LogP contribution in [0.2, 0.25) is 0 Å². The Morgan fingerprint density at radius 1 is 0.957 bits per heavy atom. The maximum absolute atomic E-state index is 12.7. The third kappa shape index (κ3) is 6.76. The van der Waals surface area contributed by atoms with Gasteiger partial charge in [0.05, 0.1) is 28.1 Å². The topological polar surface area (TPSA) is 93.6 Å². The Hall–Kier alpha value is -3.95. The molecule has 1 atom stereocenters. The van der Waals surface area contributed by atoms with Gasteiger partial charge in [-0.15, -0.1) is 0 Å². The molecule has 46 heavy (non-hydrogen) atoms. The van der Waals surface area contributed by atoms with Crippen molar-refractivity contribution in [1.29, 1.82) is 0 Å². The molecule has 7 rings (SSSR count). The van der Waals surface area contributed by atoms with E-state index >= 15 is 0 Å². The van der Waals surface area contributed by atoms with Gasteiger partial charge in [-0.05, 0) is 93.1 Å². The van der Waals surface area contributed by atoms with Crippen molar-refractivity contribution in [3.8, 4) is 22.8 Å². The summed E-state index contributed by atoms with van der Waals surface area (Å²) in [6.07, 6.45) is 6.99. The van der Waals surface area contributed by atoms with Crippen LogP contribution in [0, 0.1) is 5.92 Å². The van der Waals surface area contributed by atoms with Gasteiger partial charge < -0.3 is 19.3 Å². The van der Waals surface area contributed by atoms with Gasteiger partial charge in [-0.2, -0.15) is 10.2 Å². The van der Waals surface area contributed by atoms with Crippen LogP contribution in [-0.4, -0.2) is 74.8 Å². The molecule has 0 spiro atoms. The standard InChI is InChI=1S/C37H44N6O3/c1-24(2)31-8-9-32(41-40-31)26-4-6-30(7-5-26)46-36-20-34-33(19-28(36)23-43-22-25(3)18-37(43)44)38-21-35(39-34)27-10-14-42(15-11-27)29-12-16-45-17-13-29/h4-9,19-21,24-25,27,29H,10-18,22-23H2,1-3H3. The lowest BCUT2D eigenvalue weighted by Gasteiger charge is -2.39. The fourth-order valence-corrected chi connectivity index (χ4v) is 7.08. The fourth-order valence-electron chi connectivity index (χ4n) is 7.08. The van der Waals surface area contributed by atoms with E-state index in [-0.39, 0.29) is 5.91 Å². The van der Waals surface area contributed by atoms with Gasteiger partial charge in [-0.1, -0.05) is 20.8 Å². The van der Waals surface area contributed by atoms with Crippen molar-refractivity contribution in [1.82, 2.24) is 30.0 Å². The molecule has 3 aliphatic rings. The zero-order valence-electron chi connectivity index (χ0n) is 27.2. The highest BCUT2D eigenvalue weighted by atomic mass is 16.5. The second-order valence-electron chi connectivity index (χ2n) is 13.6. The van der Waals surface area contributed by atoms with Gasteiger partial charge >= 0.3 is 0 Å². The zero-order chi connectivity index (χ0) is 31.6. The molecule has 3 saturated heterocycles. The van der Waals surface area contributed by atoms with Crippen LogP contribution in [0.25, 0.3) is 22.3 Å². The summed E-state index contributed by atoms with van der Waals surface area (Å²) < 4.78 is 12.1. The summed E-state index contributed by atoms with van der Waals surface area (Å²) in [5, 5.41) is 8.80. The first-order valence-corrected chi connectivity index (χ1v) is 16.9. The fraction of sp³-hybridized carbons (Fsp3) is 0.486. The Morgan fingerprint density at radius 2 is 1.74 bits per heavy atom. The van der Waals surface area contributed by atoms with Crippen molar-refractivity contribution in [2.75, 3.05) is 32.8 Å². The molecule has 5 heterocycles. The molecule has 0 radical (unpaired) electrons. The molecule has 1 amide bonds. The Labute approximate surface area is 271 Å². The summed E-state index contributed by atoms with van der Waals surface area (Å²) in [5.74, 6) is 2.68. The van der Waals surface area contributed by atoms with Crippen LogP contribution < -0.4 is 4.74 Å². The highest BCUT2D eigenvalue weighted by Gasteiger charge is 2.29. The van der Waals surface area contributed by atoms with E-state index in [0.717, 1.165) is 97.8 Å². The largest absolute Gasteiger partial charge is 0.457 e. The van der Waals surface area contributed by atoms with Gasteiger partial charge in [0.15, 0.2) is 0 Å². The number of piperidine rings is 1. The van der Waals surface area contributed by atoms with Crippen LogP contribution in [0.1, 0.15) is 81.7 Å². The molecule has 0 N–H and O–H groups in total. The Morgan fingerprint density at radius 3 is 2.41 bits per heavy atom. The third-order valence-corrected chi connectivity index (χ3v) is 9.82. The summed E-state index contributed by atoms with van der Waals surface area (Å²) in [6, 6.07) is 16.7. The van der Waals surface area contributed by atoms with E-state index in [0.29, 0.717) is 48.3 Å². The lowest BCUT2D eigenvalue weighted by molar-refractivity contribution is -0.128. The van der Waals surface area contributed by atoms with Crippen LogP contribution >= 0.6 is 0 Å². The van der Waals surface area contributed by atoms with Crippen molar-refractivity contribution in [3.05, 3.63) is 71.7 Å². The van der Waals surface area contributed by atoms with Crippen LogP contribution in [0.3, 0.4) is 0 Å². The zero-order valence-corrected chi connectivity index (χ0v) is 27.2. The first-order chi connectivity index (χ1) is 22.4. The summed E-state index contributed by atoms with van der Waals surface area (Å²) in [5.41, 5.74) is 6.40. The molecule has 2 aromatic heterocycles. The Kier molecular flexibility index (Phi) is 8.95. The molecule has 4 aromatic rings. The van der Waals surface area contributed by atoms with Crippen molar-refractivity contribution in [3.63, 3.8) is 0 Å². The third-order valence-electron chi connectivity index (χ3n) is 9.82. The van der Waals surface area contributed by atoms with Gasteiger partial charge in [-0.25, -0.2) is 4.98 Å². The number of nitrogens with zero attached hydrogens (tertiary/aromatic N) is 6. The number of ether oxygens (including phenoxy) is 2. The lowest BCUT2D eigenvalue weighted by atomic mass is 9.91. The molecule has 1 unspecified atom stereocenters. The highest BCUT2D eigenvalue weighted by molar-refractivity contribution is 5.80. The van der Waals surface area contributed by atoms with Crippen molar-refractivity contribution in [2.45, 2.75) is 77.3 Å². The minimum absolute atomic E-state index is 0.182. The van der Waals surface area contributed by atoms with Crippen molar-refractivity contribution >= 4 is 16.9 Å².